The molecular weight excluding hydrogens is 226 g/mol. The molecule has 0 saturated carbocycles. The zero-order valence-electron chi connectivity index (χ0n) is 11.2. The van der Waals surface area contributed by atoms with Gasteiger partial charge in [-0.1, -0.05) is 24.6 Å². The van der Waals surface area contributed by atoms with E-state index >= 15 is 0 Å². The molecule has 18 heavy (non-hydrogen) atoms. The van der Waals surface area contributed by atoms with E-state index in [9.17, 15) is 0 Å². The minimum absolute atomic E-state index is 0.0168. The highest BCUT2D eigenvalue weighted by molar-refractivity contribution is 6.05. The lowest BCUT2D eigenvalue weighted by Gasteiger charge is -2.34. The summed E-state index contributed by atoms with van der Waals surface area (Å²) in [6.45, 7) is 5.57. The molecule has 100 valence electrons. The van der Waals surface area contributed by atoms with E-state index in [-0.39, 0.29) is 6.23 Å². The fourth-order valence-corrected chi connectivity index (χ4v) is 3.24. The van der Waals surface area contributed by atoms with Crippen molar-refractivity contribution in [2.75, 3.05) is 19.6 Å². The Balaban J connectivity index is 1.80. The van der Waals surface area contributed by atoms with E-state index in [1.54, 1.807) is 0 Å². The summed E-state index contributed by atoms with van der Waals surface area (Å²) in [6, 6.07) is 0.472. The second kappa shape index (κ2) is 5.41. The molecule has 4 nitrogen and oxygen atoms in total. The summed E-state index contributed by atoms with van der Waals surface area (Å²) in [7, 11) is 0. The van der Waals surface area contributed by atoms with Crippen LogP contribution < -0.4 is 5.32 Å². The lowest BCUT2D eigenvalue weighted by Crippen LogP contribution is -2.45. The molecule has 0 radical (unpaired) electrons. The molecule has 0 amide bonds. The van der Waals surface area contributed by atoms with Crippen LogP contribution in [0, 0.1) is 0 Å². The number of rotatable bonds is 2. The normalized spacial score (nSPS) is 33.2. The van der Waals surface area contributed by atoms with E-state index in [0.29, 0.717) is 6.04 Å². The van der Waals surface area contributed by atoms with Crippen molar-refractivity contribution in [3.63, 3.8) is 0 Å². The molecule has 1 saturated heterocycles. The molecule has 3 aliphatic rings. The standard InChI is InChI=1S/C14H23N3O/c1-2-17-10-6-4-8-12(17)13-11-7-3-5-9-15-14(11)18-16-13/h7,12,14-15H,2-6,8-10H2,1H3/t12-,14-/m0/s1. The molecule has 4 heteroatoms. The van der Waals surface area contributed by atoms with Gasteiger partial charge in [0.1, 0.15) is 5.71 Å². The average molecular weight is 249 g/mol. The van der Waals surface area contributed by atoms with Crippen molar-refractivity contribution in [1.82, 2.24) is 10.2 Å². The summed E-state index contributed by atoms with van der Waals surface area (Å²) in [6.07, 6.45) is 8.53. The number of hydrogen-bond donors (Lipinski definition) is 1. The highest BCUT2D eigenvalue weighted by Gasteiger charge is 2.36. The van der Waals surface area contributed by atoms with Gasteiger partial charge in [0, 0.05) is 5.57 Å². The third-order valence-corrected chi connectivity index (χ3v) is 4.25. The molecular formula is C14H23N3O. The first kappa shape index (κ1) is 12.2. The average Bonchev–Trinajstić information content (AvgIpc) is 2.67. The topological polar surface area (TPSA) is 36.9 Å². The first-order valence-corrected chi connectivity index (χ1v) is 7.31. The highest BCUT2D eigenvalue weighted by Crippen LogP contribution is 2.27. The first-order chi connectivity index (χ1) is 8.90. The fourth-order valence-electron chi connectivity index (χ4n) is 3.24. The number of fused-ring (bicyclic) bond motifs is 1. The Morgan fingerprint density at radius 2 is 2.39 bits per heavy atom. The highest BCUT2D eigenvalue weighted by atomic mass is 16.7. The van der Waals surface area contributed by atoms with Crippen LogP contribution >= 0.6 is 0 Å². The van der Waals surface area contributed by atoms with Crippen LogP contribution in [0.2, 0.25) is 0 Å². The maximum absolute atomic E-state index is 5.58. The van der Waals surface area contributed by atoms with E-state index < -0.39 is 0 Å². The molecule has 0 aliphatic carbocycles. The SMILES string of the molecule is CCN1CCCC[C@H]1C1=NO[C@@H]2NCCCC=C12. The van der Waals surface area contributed by atoms with Gasteiger partial charge in [0.25, 0.3) is 0 Å². The second-order valence-corrected chi connectivity index (χ2v) is 5.36. The van der Waals surface area contributed by atoms with Gasteiger partial charge in [-0.25, -0.2) is 0 Å². The predicted octanol–water partition coefficient (Wildman–Crippen LogP) is 1.88. The van der Waals surface area contributed by atoms with Crippen LogP contribution in [-0.2, 0) is 4.84 Å². The van der Waals surface area contributed by atoms with Crippen molar-refractivity contribution < 1.29 is 4.84 Å². The molecule has 2 atom stereocenters. The number of allylic oxidation sites excluding steroid dienone is 1. The summed E-state index contributed by atoms with van der Waals surface area (Å²) in [5.41, 5.74) is 2.49. The van der Waals surface area contributed by atoms with Gasteiger partial charge in [0.05, 0.1) is 6.04 Å². The van der Waals surface area contributed by atoms with Crippen molar-refractivity contribution in [2.24, 2.45) is 5.16 Å². The summed E-state index contributed by atoms with van der Waals surface area (Å²) in [5, 5.41) is 7.81. The van der Waals surface area contributed by atoms with Gasteiger partial charge in [-0.3, -0.25) is 10.2 Å². The third-order valence-electron chi connectivity index (χ3n) is 4.25. The van der Waals surface area contributed by atoms with Gasteiger partial charge in [0.2, 0.25) is 6.23 Å². The van der Waals surface area contributed by atoms with Gasteiger partial charge in [-0.05, 0) is 45.3 Å². The Hall–Kier alpha value is -0.870. The van der Waals surface area contributed by atoms with Crippen LogP contribution in [0.15, 0.2) is 16.8 Å². The number of hydrogen-bond acceptors (Lipinski definition) is 4. The molecule has 3 aliphatic heterocycles. The quantitative estimate of drug-likeness (QED) is 0.812. The maximum atomic E-state index is 5.58. The summed E-state index contributed by atoms with van der Waals surface area (Å²) < 4.78 is 0. The zero-order chi connectivity index (χ0) is 12.4. The van der Waals surface area contributed by atoms with Crippen LogP contribution in [0.3, 0.4) is 0 Å². The Morgan fingerprint density at radius 1 is 1.44 bits per heavy atom. The van der Waals surface area contributed by atoms with Crippen LogP contribution in [-0.4, -0.2) is 42.5 Å². The van der Waals surface area contributed by atoms with Gasteiger partial charge in [0.15, 0.2) is 0 Å². The monoisotopic (exact) mass is 249 g/mol. The lowest BCUT2D eigenvalue weighted by molar-refractivity contribution is 0.0802. The van der Waals surface area contributed by atoms with Crippen LogP contribution in [0.5, 0.6) is 0 Å². The summed E-state index contributed by atoms with van der Waals surface area (Å²) >= 11 is 0. The van der Waals surface area contributed by atoms with Crippen molar-refractivity contribution >= 4 is 5.71 Å². The molecule has 0 unspecified atom stereocenters. The van der Waals surface area contributed by atoms with Crippen LogP contribution in [0.4, 0.5) is 0 Å². The number of nitrogens with one attached hydrogen (secondary N) is 1. The van der Waals surface area contributed by atoms with E-state index in [4.69, 9.17) is 4.84 Å². The van der Waals surface area contributed by atoms with Gasteiger partial charge < -0.3 is 4.84 Å². The molecule has 0 bridgehead atoms. The van der Waals surface area contributed by atoms with Crippen LogP contribution in [0.25, 0.3) is 0 Å². The van der Waals surface area contributed by atoms with Crippen molar-refractivity contribution in [3.8, 4) is 0 Å². The third kappa shape index (κ3) is 2.19. The molecule has 3 heterocycles. The van der Waals surface area contributed by atoms with Gasteiger partial charge >= 0.3 is 0 Å². The van der Waals surface area contributed by atoms with Crippen molar-refractivity contribution in [1.29, 1.82) is 0 Å². The number of piperidine rings is 1. The Bertz CT molecular complexity index is 364. The largest absolute Gasteiger partial charge is 0.371 e. The van der Waals surface area contributed by atoms with E-state index in [2.05, 4.69) is 28.4 Å². The van der Waals surface area contributed by atoms with E-state index in [1.165, 1.54) is 43.5 Å². The summed E-state index contributed by atoms with van der Waals surface area (Å²) in [4.78, 5) is 8.12. The molecule has 0 aromatic carbocycles. The molecule has 0 aromatic rings. The predicted molar refractivity (Wildman–Crippen MR) is 72.5 cm³/mol. The number of likely N-dealkylation sites (tertiary alicyclic amines) is 1. The van der Waals surface area contributed by atoms with Gasteiger partial charge in [-0.2, -0.15) is 0 Å². The smallest absolute Gasteiger partial charge is 0.206 e. The Labute approximate surface area is 109 Å². The second-order valence-electron chi connectivity index (χ2n) is 5.36. The molecule has 0 aromatic heterocycles. The molecule has 1 N–H and O–H groups in total. The Morgan fingerprint density at radius 3 is 3.28 bits per heavy atom. The lowest BCUT2D eigenvalue weighted by atomic mass is 9.93. The number of oxime groups is 1. The maximum Gasteiger partial charge on any atom is 0.206 e. The first-order valence-electron chi connectivity index (χ1n) is 7.31. The fraction of sp³-hybridized carbons (Fsp3) is 0.786. The van der Waals surface area contributed by atoms with Crippen molar-refractivity contribution in [2.45, 2.75) is 51.3 Å². The van der Waals surface area contributed by atoms with Crippen LogP contribution in [0.1, 0.15) is 39.0 Å². The number of nitrogens with zero attached hydrogens (tertiary/aromatic N) is 2. The molecule has 1 fully saturated rings. The molecule has 3 rings (SSSR count). The van der Waals surface area contributed by atoms with Gasteiger partial charge in [-0.15, -0.1) is 0 Å². The molecule has 0 spiro atoms. The minimum Gasteiger partial charge on any atom is -0.371 e. The van der Waals surface area contributed by atoms with E-state index in [1.807, 2.05) is 0 Å². The van der Waals surface area contributed by atoms with Crippen molar-refractivity contribution in [3.05, 3.63) is 11.6 Å². The summed E-state index contributed by atoms with van der Waals surface area (Å²) in [5.74, 6) is 0. The van der Waals surface area contributed by atoms with E-state index in [0.717, 1.165) is 19.5 Å². The Kier molecular flexibility index (Phi) is 3.66. The zero-order valence-corrected chi connectivity index (χ0v) is 11.2. The minimum atomic E-state index is 0.0168.